The van der Waals surface area contributed by atoms with Gasteiger partial charge in [0.2, 0.25) is 11.3 Å². The maximum absolute atomic E-state index is 15.8. The van der Waals surface area contributed by atoms with Crippen molar-refractivity contribution in [2.45, 2.75) is 76.6 Å². The second-order valence-electron chi connectivity index (χ2n) is 15.0. The largest absolute Gasteiger partial charge is 0.440 e. The van der Waals surface area contributed by atoms with Crippen molar-refractivity contribution >= 4 is 22.2 Å². The first-order chi connectivity index (χ1) is 24.3. The van der Waals surface area contributed by atoms with E-state index >= 15 is 8.78 Å². The van der Waals surface area contributed by atoms with Crippen LogP contribution in [0, 0.1) is 5.41 Å². The summed E-state index contributed by atoms with van der Waals surface area (Å²) in [6, 6.07) is 13.9. The monoisotopic (exact) mass is 750 g/mol. The molecule has 0 N–H and O–H groups in total. The normalized spacial score (nSPS) is 14.0. The first-order valence-electron chi connectivity index (χ1n) is 16.2. The van der Waals surface area contributed by atoms with Crippen molar-refractivity contribution in [2.24, 2.45) is 5.41 Å². The predicted molar refractivity (Wildman–Crippen MR) is 178 cm³/mol. The van der Waals surface area contributed by atoms with E-state index in [1.807, 2.05) is 0 Å². The Kier molecular flexibility index (Phi) is 8.62. The molecule has 280 valence electrons. The highest BCUT2D eigenvalue weighted by Crippen LogP contribution is 2.57. The minimum absolute atomic E-state index is 0.0255. The van der Waals surface area contributed by atoms with Gasteiger partial charge in [-0.1, -0.05) is 102 Å². The number of hydrogen-bond acceptors (Lipinski definition) is 4. The molecular weight excluding hydrogens is 718 g/mol. The number of hydrogen-bond donors (Lipinski definition) is 0. The lowest BCUT2D eigenvalue weighted by molar-refractivity contribution is -0.288. The first kappa shape index (κ1) is 37.9. The minimum atomic E-state index is -5.98. The number of halogens is 10. The second-order valence-corrected chi connectivity index (χ2v) is 15.0. The summed E-state index contributed by atoms with van der Waals surface area (Å²) in [5, 5.41) is 0. The summed E-state index contributed by atoms with van der Waals surface area (Å²) in [6.45, 7) is 9.31. The summed E-state index contributed by atoms with van der Waals surface area (Å²) >= 11 is 0. The summed E-state index contributed by atoms with van der Waals surface area (Å²) in [4.78, 5) is 7.78. The fourth-order valence-corrected chi connectivity index (χ4v) is 6.06. The summed E-state index contributed by atoms with van der Waals surface area (Å²) in [6.07, 6.45) is -12.0. The highest BCUT2D eigenvalue weighted by Gasteiger charge is 2.72. The molecule has 0 atom stereocenters. The molecule has 0 unspecified atom stereocenters. The third-order valence-electron chi connectivity index (χ3n) is 9.17. The smallest absolute Gasteiger partial charge is 0.411 e. The number of rotatable bonds is 6. The van der Waals surface area contributed by atoms with Crippen LogP contribution in [0.5, 0.6) is 0 Å². The zero-order valence-electron chi connectivity index (χ0n) is 29.1. The van der Waals surface area contributed by atoms with E-state index < -0.39 is 74.1 Å². The number of nitrogens with zero attached hydrogens (tertiary/aromatic N) is 2. The summed E-state index contributed by atoms with van der Waals surface area (Å²) in [5.41, 5.74) is -10.6. The predicted octanol–water partition coefficient (Wildman–Crippen LogP) is 12.6. The van der Waals surface area contributed by atoms with Crippen molar-refractivity contribution in [3.63, 3.8) is 0 Å². The van der Waals surface area contributed by atoms with Crippen LogP contribution in [-0.4, -0.2) is 22.3 Å². The topological polar surface area (TPSA) is 52.1 Å². The average Bonchev–Trinajstić information content (AvgIpc) is 3.68. The van der Waals surface area contributed by atoms with Crippen LogP contribution < -0.4 is 0 Å². The van der Waals surface area contributed by atoms with Gasteiger partial charge in [0.1, 0.15) is 11.0 Å². The van der Waals surface area contributed by atoms with E-state index in [9.17, 15) is 35.1 Å². The van der Waals surface area contributed by atoms with E-state index in [4.69, 9.17) is 8.83 Å². The molecule has 0 aliphatic carbocycles. The molecule has 53 heavy (non-hydrogen) atoms. The van der Waals surface area contributed by atoms with Gasteiger partial charge >= 0.3 is 18.3 Å². The van der Waals surface area contributed by atoms with Gasteiger partial charge in [0.25, 0.3) is 11.8 Å². The fraction of sp³-hybridized carbons (Fsp3) is 0.333. The molecule has 6 aromatic rings. The van der Waals surface area contributed by atoms with Gasteiger partial charge in [-0.3, -0.25) is 0 Å². The zero-order chi connectivity index (χ0) is 39.2. The van der Waals surface area contributed by atoms with Crippen LogP contribution in [0.4, 0.5) is 43.9 Å². The third kappa shape index (κ3) is 6.23. The standard InChI is InChI=1S/C39H32F10N2O2/c1-33(2,3)31-50-27-19-25(15-17-29(27)52-31)35(38(44,45)46,39(47,48)49)26-16-18-30-28(20-26)51-32(53-30)36(40,41)23-11-7-21(8-12-23)22-9-13-24(14-10-22)37(42,43)34(4,5)6/h7-20H,1-6H3. The molecular formula is C39H32F10N2O2. The van der Waals surface area contributed by atoms with E-state index in [-0.39, 0.29) is 22.6 Å². The summed E-state index contributed by atoms with van der Waals surface area (Å²) in [7, 11) is 0. The lowest BCUT2D eigenvalue weighted by Gasteiger charge is -2.38. The van der Waals surface area contributed by atoms with Crippen molar-refractivity contribution in [2.75, 3.05) is 0 Å². The van der Waals surface area contributed by atoms with Gasteiger partial charge in [-0.25, -0.2) is 18.7 Å². The molecule has 0 spiro atoms. The van der Waals surface area contributed by atoms with E-state index in [1.165, 1.54) is 57.2 Å². The quantitative estimate of drug-likeness (QED) is 0.159. The molecule has 0 fully saturated rings. The Labute approximate surface area is 296 Å². The van der Waals surface area contributed by atoms with Crippen molar-refractivity contribution in [1.82, 2.24) is 9.97 Å². The average molecular weight is 751 g/mol. The number of oxazole rings is 2. The number of aromatic nitrogens is 2. The molecule has 4 nitrogen and oxygen atoms in total. The van der Waals surface area contributed by atoms with Crippen LogP contribution in [0.15, 0.2) is 93.8 Å². The van der Waals surface area contributed by atoms with Crippen molar-refractivity contribution in [3.05, 3.63) is 119 Å². The van der Waals surface area contributed by atoms with Crippen LogP contribution in [0.25, 0.3) is 33.3 Å². The third-order valence-corrected chi connectivity index (χ3v) is 9.17. The lowest BCUT2D eigenvalue weighted by Crippen LogP contribution is -2.54. The maximum atomic E-state index is 15.8. The number of fused-ring (bicyclic) bond motifs is 2. The van der Waals surface area contributed by atoms with Crippen molar-refractivity contribution in [3.8, 4) is 11.1 Å². The van der Waals surface area contributed by atoms with E-state index in [2.05, 4.69) is 9.97 Å². The van der Waals surface area contributed by atoms with Gasteiger partial charge in [-0.05, 0) is 46.5 Å². The summed E-state index contributed by atoms with van der Waals surface area (Å²) in [5.74, 6) is -8.29. The van der Waals surface area contributed by atoms with Crippen LogP contribution in [-0.2, 0) is 22.7 Å². The summed E-state index contributed by atoms with van der Waals surface area (Å²) < 4.78 is 162. The lowest BCUT2D eigenvalue weighted by atomic mass is 9.72. The number of benzene rings is 4. The van der Waals surface area contributed by atoms with Crippen LogP contribution in [0.2, 0.25) is 0 Å². The highest BCUT2D eigenvalue weighted by molar-refractivity contribution is 5.77. The van der Waals surface area contributed by atoms with Gasteiger partial charge in [0.05, 0.1) is 0 Å². The molecule has 6 rings (SSSR count). The SMILES string of the molecule is CC(C)(C)c1nc2cc(C(c3ccc4oc(C(F)(F)c5ccc(-c6ccc(C(F)(F)C(C)(C)C)cc6)cc5)nc4c3)(C(F)(F)F)C(F)(F)F)ccc2o1. The molecule has 4 aromatic carbocycles. The van der Waals surface area contributed by atoms with Gasteiger partial charge in [-0.2, -0.15) is 35.1 Å². The highest BCUT2D eigenvalue weighted by atomic mass is 19.4. The molecule has 0 aliphatic heterocycles. The first-order valence-corrected chi connectivity index (χ1v) is 16.2. The van der Waals surface area contributed by atoms with Gasteiger partial charge in [-0.15, -0.1) is 0 Å². The molecule has 0 saturated carbocycles. The maximum Gasteiger partial charge on any atom is 0.411 e. The minimum Gasteiger partial charge on any atom is -0.440 e. The molecule has 2 heterocycles. The Hall–Kier alpha value is -4.88. The van der Waals surface area contributed by atoms with Crippen molar-refractivity contribution in [1.29, 1.82) is 0 Å². The fourth-order valence-electron chi connectivity index (χ4n) is 6.06. The van der Waals surface area contributed by atoms with Crippen LogP contribution in [0.1, 0.15) is 75.6 Å². The van der Waals surface area contributed by atoms with Gasteiger partial charge < -0.3 is 8.83 Å². The molecule has 0 aliphatic rings. The Balaban J connectivity index is 1.37. The molecule has 2 aromatic heterocycles. The van der Waals surface area contributed by atoms with E-state index in [0.717, 1.165) is 24.3 Å². The van der Waals surface area contributed by atoms with Crippen LogP contribution >= 0.6 is 0 Å². The van der Waals surface area contributed by atoms with E-state index in [0.29, 0.717) is 35.4 Å². The van der Waals surface area contributed by atoms with Crippen molar-refractivity contribution < 1.29 is 52.7 Å². The Bertz CT molecular complexity index is 2270. The Morgan fingerprint density at radius 1 is 0.453 bits per heavy atom. The van der Waals surface area contributed by atoms with Gasteiger partial charge in [0, 0.05) is 22.0 Å². The van der Waals surface area contributed by atoms with E-state index in [1.54, 1.807) is 20.8 Å². The zero-order valence-corrected chi connectivity index (χ0v) is 29.1. The Morgan fingerprint density at radius 2 is 0.830 bits per heavy atom. The second kappa shape index (κ2) is 12.1. The van der Waals surface area contributed by atoms with Gasteiger partial charge in [0.15, 0.2) is 11.2 Å². The Morgan fingerprint density at radius 3 is 1.23 bits per heavy atom. The molecule has 14 heteroatoms. The number of alkyl halides is 10. The molecule has 0 bridgehead atoms. The molecule has 0 amide bonds. The molecule has 0 radical (unpaired) electrons. The van der Waals surface area contributed by atoms with Crippen LogP contribution in [0.3, 0.4) is 0 Å². The molecule has 0 saturated heterocycles.